The number of morpholine rings is 1. The second kappa shape index (κ2) is 9.10. The molecule has 0 saturated carbocycles. The molecule has 30 heavy (non-hydrogen) atoms. The van der Waals surface area contributed by atoms with Crippen LogP contribution in [0.2, 0.25) is 0 Å². The van der Waals surface area contributed by atoms with Crippen LogP contribution in [0.4, 0.5) is 10.9 Å². The van der Waals surface area contributed by atoms with Gasteiger partial charge in [0.15, 0.2) is 5.13 Å². The molecule has 1 aliphatic heterocycles. The summed E-state index contributed by atoms with van der Waals surface area (Å²) in [5.41, 5.74) is 1.97. The number of thiazole rings is 1. The van der Waals surface area contributed by atoms with Gasteiger partial charge in [-0.3, -0.25) is 10.1 Å². The van der Waals surface area contributed by atoms with E-state index >= 15 is 0 Å². The zero-order valence-electron chi connectivity index (χ0n) is 16.8. The standard InChI is InChI=1S/C21H22N4O4S/c1-27-15-4-5-18(28-2)16(11-15)17-13-30-21(23-17)24-20(26)14-3-6-19(22-12-14)25-7-9-29-10-8-25/h3-6,11-13H,7-10H2,1-2H3,(H,23,24,26). The average molecular weight is 426 g/mol. The maximum Gasteiger partial charge on any atom is 0.259 e. The molecule has 4 rings (SSSR count). The van der Waals surface area contributed by atoms with E-state index in [1.165, 1.54) is 11.3 Å². The van der Waals surface area contributed by atoms with Crippen molar-refractivity contribution in [3.63, 3.8) is 0 Å². The first kappa shape index (κ1) is 20.1. The highest BCUT2D eigenvalue weighted by Gasteiger charge is 2.16. The van der Waals surface area contributed by atoms with Crippen molar-refractivity contribution in [2.24, 2.45) is 0 Å². The number of anilines is 2. The van der Waals surface area contributed by atoms with Crippen molar-refractivity contribution < 1.29 is 19.0 Å². The molecule has 1 fully saturated rings. The van der Waals surface area contributed by atoms with Crippen LogP contribution in [0.25, 0.3) is 11.3 Å². The molecule has 0 bridgehead atoms. The maximum absolute atomic E-state index is 12.6. The van der Waals surface area contributed by atoms with Gasteiger partial charge < -0.3 is 19.1 Å². The third-order valence-corrected chi connectivity index (χ3v) is 5.51. The number of carbonyl (C=O) groups is 1. The van der Waals surface area contributed by atoms with Crippen LogP contribution in [0.3, 0.4) is 0 Å². The first-order chi connectivity index (χ1) is 14.7. The van der Waals surface area contributed by atoms with E-state index in [1.54, 1.807) is 26.5 Å². The first-order valence-corrected chi connectivity index (χ1v) is 10.3. The van der Waals surface area contributed by atoms with Gasteiger partial charge in [-0.15, -0.1) is 11.3 Å². The predicted octanol–water partition coefficient (Wildman–Crippen LogP) is 3.31. The van der Waals surface area contributed by atoms with Gasteiger partial charge >= 0.3 is 0 Å². The van der Waals surface area contributed by atoms with Crippen LogP contribution in [-0.2, 0) is 4.74 Å². The summed E-state index contributed by atoms with van der Waals surface area (Å²) in [6.45, 7) is 2.98. The number of benzene rings is 1. The van der Waals surface area contributed by atoms with Gasteiger partial charge in [-0.25, -0.2) is 9.97 Å². The minimum absolute atomic E-state index is 0.255. The Kier molecular flexibility index (Phi) is 6.10. The molecule has 3 aromatic rings. The van der Waals surface area contributed by atoms with Crippen molar-refractivity contribution in [3.05, 3.63) is 47.5 Å². The summed E-state index contributed by atoms with van der Waals surface area (Å²) in [7, 11) is 3.21. The number of hydrogen-bond donors (Lipinski definition) is 1. The van der Waals surface area contributed by atoms with Crippen molar-refractivity contribution in [1.82, 2.24) is 9.97 Å². The number of pyridine rings is 1. The Balaban J connectivity index is 1.47. The van der Waals surface area contributed by atoms with Gasteiger partial charge in [0.2, 0.25) is 0 Å². The number of ether oxygens (including phenoxy) is 3. The quantitative estimate of drug-likeness (QED) is 0.647. The highest BCUT2D eigenvalue weighted by Crippen LogP contribution is 2.35. The Labute approximate surface area is 178 Å². The minimum Gasteiger partial charge on any atom is -0.497 e. The molecular weight excluding hydrogens is 404 g/mol. The summed E-state index contributed by atoms with van der Waals surface area (Å²) in [5.74, 6) is 1.98. The lowest BCUT2D eigenvalue weighted by molar-refractivity contribution is 0.102. The fourth-order valence-electron chi connectivity index (χ4n) is 3.14. The number of nitrogens with zero attached hydrogens (tertiary/aromatic N) is 3. The molecule has 9 heteroatoms. The van der Waals surface area contributed by atoms with Gasteiger partial charge in [0.05, 0.1) is 38.7 Å². The molecule has 3 heterocycles. The van der Waals surface area contributed by atoms with Crippen molar-refractivity contribution in [2.45, 2.75) is 0 Å². The number of hydrogen-bond acceptors (Lipinski definition) is 8. The molecule has 0 aliphatic carbocycles. The minimum atomic E-state index is -0.255. The topological polar surface area (TPSA) is 85.8 Å². The zero-order valence-corrected chi connectivity index (χ0v) is 17.6. The molecular formula is C21H22N4O4S. The summed E-state index contributed by atoms with van der Waals surface area (Å²) in [4.78, 5) is 23.7. The van der Waals surface area contributed by atoms with Crippen molar-refractivity contribution >= 4 is 28.2 Å². The lowest BCUT2D eigenvalue weighted by Gasteiger charge is -2.27. The number of aromatic nitrogens is 2. The number of nitrogens with one attached hydrogen (secondary N) is 1. The van der Waals surface area contributed by atoms with E-state index in [2.05, 4.69) is 20.2 Å². The summed E-state index contributed by atoms with van der Waals surface area (Å²) < 4.78 is 16.1. The Bertz CT molecular complexity index is 1020. The number of rotatable bonds is 6. The Morgan fingerprint density at radius 2 is 2.00 bits per heavy atom. The number of carbonyl (C=O) groups excluding carboxylic acids is 1. The second-order valence-electron chi connectivity index (χ2n) is 6.56. The van der Waals surface area contributed by atoms with E-state index in [9.17, 15) is 4.79 Å². The summed E-state index contributed by atoms with van der Waals surface area (Å²) in [6, 6.07) is 9.13. The second-order valence-corrected chi connectivity index (χ2v) is 7.42. The van der Waals surface area contributed by atoms with Crippen LogP contribution in [0, 0.1) is 0 Å². The van der Waals surface area contributed by atoms with Gasteiger partial charge in [-0.1, -0.05) is 0 Å². The molecule has 1 saturated heterocycles. The Morgan fingerprint density at radius 1 is 1.17 bits per heavy atom. The molecule has 2 aromatic heterocycles. The van der Waals surface area contributed by atoms with Crippen LogP contribution < -0.4 is 19.7 Å². The van der Waals surface area contributed by atoms with Crippen LogP contribution in [0.5, 0.6) is 11.5 Å². The number of methoxy groups -OCH3 is 2. The van der Waals surface area contributed by atoms with Crippen LogP contribution in [0.1, 0.15) is 10.4 Å². The molecule has 1 amide bonds. The predicted molar refractivity (Wildman–Crippen MR) is 116 cm³/mol. The van der Waals surface area contributed by atoms with Gasteiger partial charge in [-0.05, 0) is 30.3 Å². The smallest absolute Gasteiger partial charge is 0.259 e. The first-order valence-electron chi connectivity index (χ1n) is 9.46. The number of amides is 1. The van der Waals surface area contributed by atoms with E-state index in [4.69, 9.17) is 14.2 Å². The van der Waals surface area contributed by atoms with E-state index in [0.29, 0.717) is 41.1 Å². The van der Waals surface area contributed by atoms with Gasteiger partial charge in [0, 0.05) is 30.2 Å². The highest BCUT2D eigenvalue weighted by molar-refractivity contribution is 7.14. The van der Waals surface area contributed by atoms with Gasteiger partial charge in [0.1, 0.15) is 17.3 Å². The largest absolute Gasteiger partial charge is 0.497 e. The maximum atomic E-state index is 12.6. The van der Waals surface area contributed by atoms with Crippen LogP contribution in [-0.4, -0.2) is 56.4 Å². The van der Waals surface area contributed by atoms with Crippen molar-refractivity contribution in [1.29, 1.82) is 0 Å². The van der Waals surface area contributed by atoms with Crippen molar-refractivity contribution in [3.8, 4) is 22.8 Å². The summed E-state index contributed by atoms with van der Waals surface area (Å²) in [5, 5.41) is 5.20. The van der Waals surface area contributed by atoms with E-state index < -0.39 is 0 Å². The summed E-state index contributed by atoms with van der Waals surface area (Å²) in [6.07, 6.45) is 1.58. The van der Waals surface area contributed by atoms with Crippen LogP contribution in [0.15, 0.2) is 41.9 Å². The lowest BCUT2D eigenvalue weighted by Crippen LogP contribution is -2.36. The Morgan fingerprint density at radius 3 is 2.70 bits per heavy atom. The van der Waals surface area contributed by atoms with E-state index in [0.717, 1.165) is 24.5 Å². The van der Waals surface area contributed by atoms with E-state index in [-0.39, 0.29) is 5.91 Å². The molecule has 8 nitrogen and oxygen atoms in total. The SMILES string of the molecule is COc1ccc(OC)c(-c2csc(NC(=O)c3ccc(N4CCOCC4)nc3)n2)c1. The molecule has 0 unspecified atom stereocenters. The molecule has 1 aliphatic rings. The normalized spacial score (nSPS) is 13.7. The zero-order chi connectivity index (χ0) is 20.9. The molecule has 1 N–H and O–H groups in total. The fraction of sp³-hybridized carbons (Fsp3) is 0.286. The molecule has 1 aromatic carbocycles. The third-order valence-electron chi connectivity index (χ3n) is 4.75. The molecule has 0 radical (unpaired) electrons. The van der Waals surface area contributed by atoms with E-state index in [1.807, 2.05) is 29.6 Å². The van der Waals surface area contributed by atoms with Crippen molar-refractivity contribution in [2.75, 3.05) is 50.7 Å². The summed E-state index contributed by atoms with van der Waals surface area (Å²) >= 11 is 1.34. The molecule has 0 spiro atoms. The third kappa shape index (κ3) is 4.37. The van der Waals surface area contributed by atoms with Crippen LogP contribution >= 0.6 is 11.3 Å². The monoisotopic (exact) mass is 426 g/mol. The lowest BCUT2D eigenvalue weighted by atomic mass is 10.1. The molecule has 0 atom stereocenters. The average Bonchev–Trinajstić information content (AvgIpc) is 3.27. The molecule has 156 valence electrons. The van der Waals surface area contributed by atoms with Gasteiger partial charge in [-0.2, -0.15) is 0 Å². The highest BCUT2D eigenvalue weighted by atomic mass is 32.1. The Hall–Kier alpha value is -3.17. The fourth-order valence-corrected chi connectivity index (χ4v) is 3.84. The van der Waals surface area contributed by atoms with Gasteiger partial charge in [0.25, 0.3) is 5.91 Å².